The van der Waals surface area contributed by atoms with E-state index in [-0.39, 0.29) is 37.1 Å². The summed E-state index contributed by atoms with van der Waals surface area (Å²) in [5, 5.41) is 7.64. The molecular weight excluding hydrogens is 91.0 g/mol. The second-order valence-corrected chi connectivity index (χ2v) is 1.15. The van der Waals surface area contributed by atoms with Gasteiger partial charge in [0.25, 0.3) is 0 Å². The van der Waals surface area contributed by atoms with Gasteiger partial charge in [-0.3, -0.25) is 5.26 Å². The van der Waals surface area contributed by atoms with Gasteiger partial charge >= 0.3 is 29.6 Å². The second kappa shape index (κ2) is 5.92. The Hall–Kier alpha value is 0.920. The van der Waals surface area contributed by atoms with Crippen LogP contribution in [0.25, 0.3) is 0 Å². The number of hydrogen-bond acceptors (Lipinski definition) is 2. The Morgan fingerprint density at radius 3 is 1.83 bits per heavy atom. The van der Waals surface area contributed by atoms with Crippen molar-refractivity contribution in [2.45, 2.75) is 20.0 Å². The first-order chi connectivity index (χ1) is 2.27. The zero-order chi connectivity index (χ0) is 4.28. The third kappa shape index (κ3) is 8.87. The minimum atomic E-state index is -0.0602. The van der Waals surface area contributed by atoms with Gasteiger partial charge in [0.1, 0.15) is 0 Å². The van der Waals surface area contributed by atoms with Crippen LogP contribution in [0.15, 0.2) is 0 Å². The van der Waals surface area contributed by atoms with Crippen LogP contribution in [0.1, 0.15) is 15.3 Å². The van der Waals surface area contributed by atoms with Crippen LogP contribution in [0.5, 0.6) is 0 Å². The number of hydrogen-bond donors (Lipinski definition) is 1. The SMILES string of the molecule is CC(C)OO.[H-].[Na+]. The average Bonchev–Trinajstić information content (AvgIpc) is 1.38. The van der Waals surface area contributed by atoms with Gasteiger partial charge in [0, 0.05) is 0 Å². The maximum Gasteiger partial charge on any atom is 1.00 e. The molecule has 0 aliphatic rings. The molecule has 0 atom stereocenters. The van der Waals surface area contributed by atoms with Gasteiger partial charge in [-0.15, -0.1) is 0 Å². The van der Waals surface area contributed by atoms with Gasteiger partial charge in [-0.2, -0.15) is 0 Å². The van der Waals surface area contributed by atoms with Gasteiger partial charge in [-0.25, -0.2) is 4.89 Å². The van der Waals surface area contributed by atoms with Crippen molar-refractivity contribution < 1.29 is 41.1 Å². The molecule has 0 spiro atoms. The summed E-state index contributed by atoms with van der Waals surface area (Å²) >= 11 is 0. The van der Waals surface area contributed by atoms with Crippen molar-refractivity contribution in [3.63, 3.8) is 0 Å². The van der Waals surface area contributed by atoms with E-state index < -0.39 is 0 Å². The Labute approximate surface area is 61.2 Å². The summed E-state index contributed by atoms with van der Waals surface area (Å²) in [5.74, 6) is 0. The Kier molecular flexibility index (Phi) is 9.89. The summed E-state index contributed by atoms with van der Waals surface area (Å²) in [6.45, 7) is 3.50. The number of rotatable bonds is 1. The van der Waals surface area contributed by atoms with Crippen molar-refractivity contribution in [2.24, 2.45) is 0 Å². The molecule has 0 bridgehead atoms. The normalized spacial score (nSPS) is 8.00. The molecule has 0 radical (unpaired) electrons. The summed E-state index contributed by atoms with van der Waals surface area (Å²) in [4.78, 5) is 3.75. The summed E-state index contributed by atoms with van der Waals surface area (Å²) < 4.78 is 0. The van der Waals surface area contributed by atoms with Crippen LogP contribution in [0.2, 0.25) is 0 Å². The van der Waals surface area contributed by atoms with Crippen LogP contribution < -0.4 is 29.6 Å². The van der Waals surface area contributed by atoms with E-state index in [1.54, 1.807) is 13.8 Å². The van der Waals surface area contributed by atoms with Gasteiger partial charge in [-0.05, 0) is 13.8 Å². The molecule has 0 saturated carbocycles. The standard InChI is InChI=1S/C3H8O2.Na.H/c1-3(2)5-4;;/h3-4H,1-2H3;;/q;+1;-1. The van der Waals surface area contributed by atoms with Crippen LogP contribution in [0.4, 0.5) is 0 Å². The van der Waals surface area contributed by atoms with Crippen molar-refractivity contribution in [1.29, 1.82) is 0 Å². The molecule has 0 aromatic rings. The molecule has 0 unspecified atom stereocenters. The molecule has 0 fully saturated rings. The zero-order valence-electron chi connectivity index (χ0n) is 5.43. The minimum absolute atomic E-state index is 0. The molecule has 34 valence electrons. The smallest absolute Gasteiger partial charge is 1.00 e. The van der Waals surface area contributed by atoms with Gasteiger partial charge in [0.2, 0.25) is 0 Å². The van der Waals surface area contributed by atoms with Crippen LogP contribution >= 0.6 is 0 Å². The summed E-state index contributed by atoms with van der Waals surface area (Å²) in [6, 6.07) is 0. The molecule has 0 saturated heterocycles. The van der Waals surface area contributed by atoms with Crippen LogP contribution in [0.3, 0.4) is 0 Å². The van der Waals surface area contributed by atoms with Crippen molar-refractivity contribution in [3.05, 3.63) is 0 Å². The first-order valence-electron chi connectivity index (χ1n) is 1.57. The van der Waals surface area contributed by atoms with E-state index in [9.17, 15) is 0 Å². The molecule has 0 aliphatic heterocycles. The second-order valence-electron chi connectivity index (χ2n) is 1.15. The van der Waals surface area contributed by atoms with Crippen molar-refractivity contribution in [2.75, 3.05) is 0 Å². The van der Waals surface area contributed by atoms with Crippen LogP contribution in [-0.4, -0.2) is 11.4 Å². The maximum atomic E-state index is 7.64. The monoisotopic (exact) mass is 100 g/mol. The average molecular weight is 100 g/mol. The largest absolute Gasteiger partial charge is 1.00 e. The van der Waals surface area contributed by atoms with Crippen LogP contribution in [0, 0.1) is 0 Å². The molecule has 0 heterocycles. The summed E-state index contributed by atoms with van der Waals surface area (Å²) in [6.07, 6.45) is -0.0602. The maximum absolute atomic E-state index is 7.64. The topological polar surface area (TPSA) is 29.5 Å². The molecule has 3 heteroatoms. The van der Waals surface area contributed by atoms with Crippen molar-refractivity contribution >= 4 is 0 Å². The van der Waals surface area contributed by atoms with Crippen molar-refractivity contribution in [1.82, 2.24) is 0 Å². The molecule has 1 N–H and O–H groups in total. The third-order valence-corrected chi connectivity index (χ3v) is 0.211. The van der Waals surface area contributed by atoms with E-state index in [0.717, 1.165) is 0 Å². The minimum Gasteiger partial charge on any atom is -1.00 e. The summed E-state index contributed by atoms with van der Waals surface area (Å²) in [7, 11) is 0. The van der Waals surface area contributed by atoms with Gasteiger partial charge in [0.15, 0.2) is 0 Å². The quantitative estimate of drug-likeness (QED) is 0.234. The van der Waals surface area contributed by atoms with E-state index in [4.69, 9.17) is 5.26 Å². The predicted octanol–water partition coefficient (Wildman–Crippen LogP) is -2.00. The van der Waals surface area contributed by atoms with Gasteiger partial charge in [-0.1, -0.05) is 0 Å². The van der Waals surface area contributed by atoms with Gasteiger partial charge < -0.3 is 1.43 Å². The molecule has 0 aromatic heterocycles. The molecular formula is C3H9NaO2. The van der Waals surface area contributed by atoms with Crippen LogP contribution in [-0.2, 0) is 4.89 Å². The fraction of sp³-hybridized carbons (Fsp3) is 1.00. The van der Waals surface area contributed by atoms with E-state index in [1.807, 2.05) is 0 Å². The first kappa shape index (κ1) is 10.0. The fourth-order valence-corrected chi connectivity index (χ4v) is 0. The zero-order valence-corrected chi connectivity index (χ0v) is 6.43. The fourth-order valence-electron chi connectivity index (χ4n) is 0. The molecule has 0 amide bonds. The Morgan fingerprint density at radius 1 is 1.67 bits per heavy atom. The van der Waals surface area contributed by atoms with E-state index in [0.29, 0.717) is 0 Å². The molecule has 0 aliphatic carbocycles. The molecule has 2 nitrogen and oxygen atoms in total. The summed E-state index contributed by atoms with van der Waals surface area (Å²) in [5.41, 5.74) is 0. The Balaban J connectivity index is -0.0000000800. The Bertz CT molecular complexity index is 26.9. The Morgan fingerprint density at radius 2 is 1.83 bits per heavy atom. The first-order valence-corrected chi connectivity index (χ1v) is 1.57. The van der Waals surface area contributed by atoms with Crippen molar-refractivity contribution in [3.8, 4) is 0 Å². The molecule has 6 heavy (non-hydrogen) atoms. The van der Waals surface area contributed by atoms with Gasteiger partial charge in [0.05, 0.1) is 6.10 Å². The third-order valence-electron chi connectivity index (χ3n) is 0.211. The van der Waals surface area contributed by atoms with E-state index in [2.05, 4.69) is 4.89 Å². The van der Waals surface area contributed by atoms with E-state index in [1.165, 1.54) is 0 Å². The van der Waals surface area contributed by atoms with E-state index >= 15 is 0 Å². The predicted molar refractivity (Wildman–Crippen MR) is 20.0 cm³/mol. The molecule has 0 aromatic carbocycles. The molecule has 0 rings (SSSR count).